The Kier molecular flexibility index (Phi) is 8.96. The van der Waals surface area contributed by atoms with Gasteiger partial charge < -0.3 is 15.3 Å². The van der Waals surface area contributed by atoms with Gasteiger partial charge in [0.25, 0.3) is 0 Å². The second-order valence-electron chi connectivity index (χ2n) is 8.33. The lowest BCUT2D eigenvalue weighted by Crippen LogP contribution is -2.26. The molecule has 0 aliphatic carbocycles. The van der Waals surface area contributed by atoms with Gasteiger partial charge in [0.05, 0.1) is 23.1 Å². The molecule has 0 fully saturated rings. The molecule has 0 spiro atoms. The van der Waals surface area contributed by atoms with Crippen LogP contribution in [-0.4, -0.2) is 27.6 Å². The molecule has 34 heavy (non-hydrogen) atoms. The van der Waals surface area contributed by atoms with E-state index < -0.39 is 11.9 Å². The summed E-state index contributed by atoms with van der Waals surface area (Å²) in [6.07, 6.45) is 2.11. The third-order valence-corrected chi connectivity index (χ3v) is 6.73. The number of rotatable bonds is 12. The zero-order valence-corrected chi connectivity index (χ0v) is 20.7. The van der Waals surface area contributed by atoms with Crippen molar-refractivity contribution in [2.45, 2.75) is 45.6 Å². The summed E-state index contributed by atoms with van der Waals surface area (Å²) in [4.78, 5) is 29.0. The molecule has 1 atom stereocenters. The number of aromatic nitrogens is 1. The van der Waals surface area contributed by atoms with E-state index in [1.165, 1.54) is 11.3 Å². The maximum absolute atomic E-state index is 13.0. The molecular formula is C26H27ClN2O4S. The number of carbonyl (C=O) groups excluding carboxylic acids is 1. The van der Waals surface area contributed by atoms with Crippen molar-refractivity contribution < 1.29 is 19.4 Å². The molecule has 0 bridgehead atoms. The van der Waals surface area contributed by atoms with Gasteiger partial charge in [-0.25, -0.2) is 4.98 Å². The van der Waals surface area contributed by atoms with Gasteiger partial charge in [-0.3, -0.25) is 9.59 Å². The Labute approximate surface area is 208 Å². The number of hydrogen-bond acceptors (Lipinski definition) is 6. The van der Waals surface area contributed by atoms with Gasteiger partial charge >= 0.3 is 5.97 Å². The fourth-order valence-electron chi connectivity index (χ4n) is 3.51. The van der Waals surface area contributed by atoms with Crippen LogP contribution in [0.15, 0.2) is 54.7 Å². The Hall–Kier alpha value is -3.03. The molecule has 1 unspecified atom stereocenters. The molecule has 6 nitrogen and oxygen atoms in total. The molecule has 0 aliphatic heterocycles. The first kappa shape index (κ1) is 25.6. The molecule has 1 aromatic heterocycles. The number of halogens is 1. The predicted octanol–water partition coefficient (Wildman–Crippen LogP) is 5.96. The molecule has 2 aromatic carbocycles. The van der Waals surface area contributed by atoms with E-state index in [9.17, 15) is 9.59 Å². The van der Waals surface area contributed by atoms with Crippen LogP contribution in [0.2, 0.25) is 5.02 Å². The van der Waals surface area contributed by atoms with Crippen LogP contribution in [0.4, 0.5) is 0 Å². The van der Waals surface area contributed by atoms with Crippen molar-refractivity contribution in [3.8, 4) is 5.75 Å². The zero-order chi connectivity index (χ0) is 24.7. The highest BCUT2D eigenvalue weighted by Gasteiger charge is 2.28. The molecule has 0 aliphatic rings. The van der Waals surface area contributed by atoms with Gasteiger partial charge in [0, 0.05) is 17.5 Å². The van der Waals surface area contributed by atoms with Crippen molar-refractivity contribution in [3.63, 3.8) is 0 Å². The first-order valence-corrected chi connectivity index (χ1v) is 12.2. The number of hydrogen-bond donors (Lipinski definition) is 2. The molecule has 0 saturated heterocycles. The van der Waals surface area contributed by atoms with Crippen LogP contribution in [0.25, 0.3) is 0 Å². The number of ketones is 1. The van der Waals surface area contributed by atoms with Crippen LogP contribution in [0.5, 0.6) is 5.75 Å². The maximum Gasteiger partial charge on any atom is 0.303 e. The van der Waals surface area contributed by atoms with Gasteiger partial charge in [-0.2, -0.15) is 0 Å². The van der Waals surface area contributed by atoms with Crippen LogP contribution in [0.3, 0.4) is 0 Å². The minimum atomic E-state index is -0.867. The summed E-state index contributed by atoms with van der Waals surface area (Å²) < 4.78 is 5.79. The molecule has 2 N–H and O–H groups in total. The lowest BCUT2D eigenvalue weighted by atomic mass is 9.87. The molecule has 0 saturated carbocycles. The summed E-state index contributed by atoms with van der Waals surface area (Å²) in [6.45, 7) is 4.28. The summed E-state index contributed by atoms with van der Waals surface area (Å²) in [7, 11) is 0. The third-order valence-electron chi connectivity index (χ3n) is 5.30. The highest BCUT2D eigenvalue weighted by molar-refractivity contribution is 7.11. The molecule has 3 aromatic rings. The van der Waals surface area contributed by atoms with E-state index in [0.717, 1.165) is 10.4 Å². The number of carbonyl (C=O) groups is 2. The van der Waals surface area contributed by atoms with E-state index >= 15 is 0 Å². The quantitative estimate of drug-likeness (QED) is 0.300. The van der Waals surface area contributed by atoms with Crippen LogP contribution < -0.4 is 4.74 Å². The number of aryl methyl sites for hydroxylation is 1. The van der Waals surface area contributed by atoms with Gasteiger partial charge in [-0.1, -0.05) is 61.8 Å². The van der Waals surface area contributed by atoms with Crippen LogP contribution in [0, 0.1) is 11.3 Å². The standard InChI is InChI=1S/C26H27ClN2O4S/c1-16(2)24(26-29-14-19(34-26)9-11-23(31)32)25(28)21(30)13-18-8-10-22(20(27)12-18)33-15-17-6-4-3-5-7-17/h3-8,10,12,14,16,24,28H,9,11,13,15H2,1-2H3,(H,31,32). The Balaban J connectivity index is 1.65. The smallest absolute Gasteiger partial charge is 0.303 e. The zero-order valence-electron chi connectivity index (χ0n) is 19.1. The first-order valence-electron chi connectivity index (χ1n) is 11.0. The van der Waals surface area contributed by atoms with Crippen molar-refractivity contribution in [3.05, 3.63) is 80.8 Å². The van der Waals surface area contributed by atoms with E-state index in [1.54, 1.807) is 24.4 Å². The number of aliphatic carboxylic acids is 1. The van der Waals surface area contributed by atoms with Crippen molar-refractivity contribution in [1.29, 1.82) is 5.41 Å². The van der Waals surface area contributed by atoms with Gasteiger partial charge in [-0.15, -0.1) is 11.3 Å². The number of carboxylic acid groups (broad SMARTS) is 1. The van der Waals surface area contributed by atoms with Gasteiger partial charge in [0.2, 0.25) is 0 Å². The minimum absolute atomic E-state index is 0.00494. The number of nitrogens with one attached hydrogen (secondary N) is 1. The molecule has 0 amide bonds. The average Bonchev–Trinajstić information content (AvgIpc) is 3.26. The van der Waals surface area contributed by atoms with E-state index in [1.807, 2.05) is 44.2 Å². The number of benzene rings is 2. The normalized spacial score (nSPS) is 11.9. The molecular weight excluding hydrogens is 472 g/mol. The molecule has 3 rings (SSSR count). The molecule has 0 radical (unpaired) electrons. The fourth-order valence-corrected chi connectivity index (χ4v) is 4.97. The average molecular weight is 499 g/mol. The van der Waals surface area contributed by atoms with Crippen LogP contribution >= 0.6 is 22.9 Å². The lowest BCUT2D eigenvalue weighted by molar-refractivity contribution is -0.136. The second-order valence-corrected chi connectivity index (χ2v) is 9.89. The summed E-state index contributed by atoms with van der Waals surface area (Å²) in [5.41, 5.74) is 1.73. The second kappa shape index (κ2) is 11.9. The van der Waals surface area contributed by atoms with Gasteiger partial charge in [-0.05, 0) is 35.6 Å². The minimum Gasteiger partial charge on any atom is -0.487 e. The summed E-state index contributed by atoms with van der Waals surface area (Å²) in [5.74, 6) is -1.08. The fraction of sp³-hybridized carbons (Fsp3) is 0.308. The van der Waals surface area contributed by atoms with Crippen LogP contribution in [-0.2, 0) is 29.0 Å². The van der Waals surface area contributed by atoms with Crippen LogP contribution in [0.1, 0.15) is 47.2 Å². The maximum atomic E-state index is 13.0. The van der Waals surface area contributed by atoms with E-state index in [-0.39, 0.29) is 30.3 Å². The van der Waals surface area contributed by atoms with E-state index in [0.29, 0.717) is 34.4 Å². The SMILES string of the molecule is CC(C)C(C(=N)C(=O)Cc1ccc(OCc2ccccc2)c(Cl)c1)c1ncc(CCC(=O)O)s1. The van der Waals surface area contributed by atoms with Gasteiger partial charge in [0.1, 0.15) is 17.4 Å². The number of ether oxygens (including phenoxy) is 1. The molecule has 1 heterocycles. The highest BCUT2D eigenvalue weighted by Crippen LogP contribution is 2.31. The molecule has 178 valence electrons. The first-order chi connectivity index (χ1) is 16.2. The number of carboxylic acids is 1. The van der Waals surface area contributed by atoms with Crippen molar-refractivity contribution in [2.75, 3.05) is 0 Å². The summed E-state index contributed by atoms with van der Waals surface area (Å²) >= 11 is 7.75. The van der Waals surface area contributed by atoms with E-state index in [4.69, 9.17) is 26.9 Å². The van der Waals surface area contributed by atoms with Crippen molar-refractivity contribution in [1.82, 2.24) is 4.98 Å². The van der Waals surface area contributed by atoms with Crippen molar-refractivity contribution >= 4 is 40.4 Å². The monoisotopic (exact) mass is 498 g/mol. The summed E-state index contributed by atoms with van der Waals surface area (Å²) in [6, 6.07) is 15.0. The number of nitrogens with zero attached hydrogens (tertiary/aromatic N) is 1. The number of Topliss-reactive ketones (excluding diaryl/α,β-unsaturated/α-hetero) is 1. The summed E-state index contributed by atoms with van der Waals surface area (Å²) in [5, 5.41) is 18.5. The highest BCUT2D eigenvalue weighted by atomic mass is 35.5. The Morgan fingerprint density at radius 2 is 1.88 bits per heavy atom. The Morgan fingerprint density at radius 1 is 1.15 bits per heavy atom. The van der Waals surface area contributed by atoms with Crippen molar-refractivity contribution in [2.24, 2.45) is 5.92 Å². The predicted molar refractivity (Wildman–Crippen MR) is 134 cm³/mol. The Bertz CT molecular complexity index is 1160. The lowest BCUT2D eigenvalue weighted by Gasteiger charge is -2.19. The van der Waals surface area contributed by atoms with E-state index in [2.05, 4.69) is 4.98 Å². The van der Waals surface area contributed by atoms with Gasteiger partial charge in [0.15, 0.2) is 5.78 Å². The topological polar surface area (TPSA) is 100 Å². The Morgan fingerprint density at radius 3 is 2.53 bits per heavy atom. The third kappa shape index (κ3) is 6.98. The molecule has 8 heteroatoms. The largest absolute Gasteiger partial charge is 0.487 e. The number of thiazole rings is 1.